The molecule has 0 amide bonds. The monoisotopic (exact) mass is 360 g/mol. The Hall–Kier alpha value is 1.80. The maximum Gasteiger partial charge on any atom is 0 e. The van der Waals surface area contributed by atoms with E-state index in [9.17, 15) is 0 Å². The Bertz CT molecular complexity index is 8.00. The van der Waals surface area contributed by atoms with E-state index in [0.29, 0.717) is 0 Å². The SMILES string of the molecule is F.[Mo].[Ni].[W]. The van der Waals surface area contributed by atoms with Gasteiger partial charge in [0.05, 0.1) is 0 Å². The van der Waals surface area contributed by atoms with Crippen molar-refractivity contribution in [1.82, 2.24) is 0 Å². The Labute approximate surface area is 62.9 Å². The van der Waals surface area contributed by atoms with Gasteiger partial charge in [-0.3, -0.25) is 4.70 Å². The van der Waals surface area contributed by atoms with Crippen LogP contribution in [0.1, 0.15) is 0 Å². The Kier molecular flexibility index (Phi) is 221. The molecule has 0 N–H and O–H groups in total. The molecule has 0 nitrogen and oxygen atoms in total. The molecule has 0 aliphatic rings. The number of rotatable bonds is 0. The summed E-state index contributed by atoms with van der Waals surface area (Å²) in [4.78, 5) is 0. The Morgan fingerprint density at radius 2 is 1.00 bits per heavy atom. The van der Waals surface area contributed by atoms with Gasteiger partial charge in [-0.2, -0.15) is 0 Å². The van der Waals surface area contributed by atoms with Crippen molar-refractivity contribution in [2.75, 3.05) is 0 Å². The van der Waals surface area contributed by atoms with Crippen LogP contribution in [-0.2, 0) is 58.6 Å². The quantitative estimate of drug-likeness (QED) is 0.541. The molecule has 0 aromatic heterocycles. The van der Waals surface area contributed by atoms with Gasteiger partial charge in [0, 0.05) is 58.6 Å². The zero-order chi connectivity index (χ0) is 0. The molecule has 4 heteroatoms. The van der Waals surface area contributed by atoms with Gasteiger partial charge in [-0.1, -0.05) is 0 Å². The van der Waals surface area contributed by atoms with Crippen molar-refractivity contribution in [3.8, 4) is 0 Å². The molecular weight excluding hydrogens is 357 g/mol. The van der Waals surface area contributed by atoms with Crippen LogP contribution in [0, 0.1) is 0 Å². The summed E-state index contributed by atoms with van der Waals surface area (Å²) in [6, 6.07) is 0. The van der Waals surface area contributed by atoms with Crippen LogP contribution in [0.5, 0.6) is 0 Å². The smallest absolute Gasteiger partial charge is 0 e. The minimum Gasteiger partial charge on any atom is -0.269 e. The summed E-state index contributed by atoms with van der Waals surface area (Å²) < 4.78 is 0. The first kappa shape index (κ1) is 41.2. The van der Waals surface area contributed by atoms with E-state index in [2.05, 4.69) is 0 Å². The Morgan fingerprint density at radius 3 is 1.00 bits per heavy atom. The van der Waals surface area contributed by atoms with Crippen LogP contribution in [0.25, 0.3) is 0 Å². The molecule has 30 valence electrons. The summed E-state index contributed by atoms with van der Waals surface area (Å²) >= 11 is 0. The van der Waals surface area contributed by atoms with Gasteiger partial charge in [0.2, 0.25) is 0 Å². The van der Waals surface area contributed by atoms with E-state index in [1.807, 2.05) is 0 Å². The van der Waals surface area contributed by atoms with Crippen molar-refractivity contribution in [3.05, 3.63) is 0 Å². The summed E-state index contributed by atoms with van der Waals surface area (Å²) in [5, 5.41) is 0. The molecule has 4 heavy (non-hydrogen) atoms. The van der Waals surface area contributed by atoms with Gasteiger partial charge in [-0.25, -0.2) is 0 Å². The topological polar surface area (TPSA) is 0 Å². The van der Waals surface area contributed by atoms with Crippen molar-refractivity contribution in [2.24, 2.45) is 0 Å². The van der Waals surface area contributed by atoms with Crippen LogP contribution in [0.3, 0.4) is 0 Å². The average molecular weight is 358 g/mol. The third-order valence-electron chi connectivity index (χ3n) is 0. The number of halogens is 1. The fraction of sp³-hybridized carbons (Fsp3) is 0. The molecule has 0 aromatic carbocycles. The molecule has 0 atom stereocenters. The summed E-state index contributed by atoms with van der Waals surface area (Å²) in [6.07, 6.45) is 0. The summed E-state index contributed by atoms with van der Waals surface area (Å²) in [5.74, 6) is 0. The zero-order valence-electron chi connectivity index (χ0n) is 1.54. The molecule has 0 aliphatic carbocycles. The van der Waals surface area contributed by atoms with Gasteiger partial charge >= 0.3 is 0 Å². The molecule has 0 saturated carbocycles. The first-order valence-corrected chi connectivity index (χ1v) is 0. The van der Waals surface area contributed by atoms with E-state index in [-0.39, 0.29) is 63.3 Å². The van der Waals surface area contributed by atoms with Gasteiger partial charge in [-0.15, -0.1) is 0 Å². The van der Waals surface area contributed by atoms with Crippen molar-refractivity contribution in [1.29, 1.82) is 0 Å². The van der Waals surface area contributed by atoms with Crippen molar-refractivity contribution in [3.63, 3.8) is 0 Å². The van der Waals surface area contributed by atoms with Gasteiger partial charge in [0.25, 0.3) is 0 Å². The van der Waals surface area contributed by atoms with Crippen molar-refractivity contribution in [2.45, 2.75) is 0 Å². The third kappa shape index (κ3) is 9.19. The minimum absolute atomic E-state index is 0. The van der Waals surface area contributed by atoms with Gasteiger partial charge in [0.1, 0.15) is 0 Å². The molecule has 0 radical (unpaired) electrons. The van der Waals surface area contributed by atoms with Crippen LogP contribution < -0.4 is 0 Å². The first-order chi connectivity index (χ1) is 0. The molecule has 0 rings (SSSR count). The molecule has 0 fully saturated rings. The van der Waals surface area contributed by atoms with Gasteiger partial charge in [0.15, 0.2) is 0 Å². The Morgan fingerprint density at radius 1 is 1.00 bits per heavy atom. The third-order valence-corrected chi connectivity index (χ3v) is 0. The summed E-state index contributed by atoms with van der Waals surface area (Å²) in [5.41, 5.74) is 0. The molecule has 0 heterocycles. The molecule has 0 saturated heterocycles. The maximum atomic E-state index is 0. The van der Waals surface area contributed by atoms with Crippen LogP contribution in [-0.4, -0.2) is 0 Å². The van der Waals surface area contributed by atoms with Gasteiger partial charge in [-0.05, 0) is 0 Å². The predicted octanol–water partition coefficient (Wildman–Crippen LogP) is 0.145. The van der Waals surface area contributed by atoms with E-state index in [4.69, 9.17) is 0 Å². The predicted molar refractivity (Wildman–Crippen MR) is 2.50 cm³/mol. The van der Waals surface area contributed by atoms with E-state index in [1.54, 1.807) is 0 Å². The van der Waals surface area contributed by atoms with Gasteiger partial charge < -0.3 is 0 Å². The minimum atomic E-state index is 0. The molecule has 0 unspecified atom stereocenters. The second-order valence-corrected chi connectivity index (χ2v) is 0. The fourth-order valence-corrected chi connectivity index (χ4v) is 0. The van der Waals surface area contributed by atoms with E-state index < -0.39 is 0 Å². The molecule has 0 spiro atoms. The second-order valence-electron chi connectivity index (χ2n) is 0. The average Bonchev–Trinajstić information content (AvgIpc) is 0. The van der Waals surface area contributed by atoms with Crippen molar-refractivity contribution < 1.29 is 63.3 Å². The molecule has 0 aromatic rings. The molecule has 0 aliphatic heterocycles. The number of hydrogen-bond acceptors (Lipinski definition) is 0. The first-order valence-electron chi connectivity index (χ1n) is 0. The fourth-order valence-electron chi connectivity index (χ4n) is 0. The van der Waals surface area contributed by atoms with E-state index in [0.717, 1.165) is 0 Å². The van der Waals surface area contributed by atoms with Crippen LogP contribution in [0.2, 0.25) is 0 Å². The van der Waals surface area contributed by atoms with Crippen LogP contribution in [0.4, 0.5) is 4.70 Å². The Balaban J connectivity index is 0. The second kappa shape index (κ2) is 21.4. The molecular formula is HFMoNiW. The largest absolute Gasteiger partial charge is 0.269 e. The summed E-state index contributed by atoms with van der Waals surface area (Å²) in [6.45, 7) is 0. The van der Waals surface area contributed by atoms with E-state index >= 15 is 0 Å². The van der Waals surface area contributed by atoms with Crippen LogP contribution >= 0.6 is 0 Å². The standard InChI is InChI=1S/FH.Mo.Ni.W/h1H;;;. The van der Waals surface area contributed by atoms with Crippen molar-refractivity contribution >= 4 is 0 Å². The molecule has 0 bridgehead atoms. The summed E-state index contributed by atoms with van der Waals surface area (Å²) in [7, 11) is 0. The zero-order valence-corrected chi connectivity index (χ0v) is 7.47. The number of hydrogen-bond donors (Lipinski definition) is 0. The maximum absolute atomic E-state index is 0. The normalized spacial score (nSPS) is 0. The van der Waals surface area contributed by atoms with E-state index in [1.165, 1.54) is 0 Å². The van der Waals surface area contributed by atoms with Crippen LogP contribution in [0.15, 0.2) is 0 Å².